The number of rotatable bonds is 10. The van der Waals surface area contributed by atoms with Gasteiger partial charge in [-0.2, -0.15) is 17.0 Å². The Balaban J connectivity index is 1.91. The number of methoxy groups -OCH3 is 1. The Bertz CT molecular complexity index is 1440. The van der Waals surface area contributed by atoms with Crippen LogP contribution in [0, 0.1) is 11.3 Å². The third kappa shape index (κ3) is 11.2. The molecule has 12 nitrogen and oxygen atoms in total. The van der Waals surface area contributed by atoms with Crippen LogP contribution < -0.4 is 20.1 Å². The molecule has 1 unspecified atom stereocenters. The summed E-state index contributed by atoms with van der Waals surface area (Å²) in [4.78, 5) is 39.5. The number of benzene rings is 2. The minimum absolute atomic E-state index is 0.00594. The second kappa shape index (κ2) is 18.0. The van der Waals surface area contributed by atoms with Crippen LogP contribution in [0.15, 0.2) is 48.5 Å². The molecule has 260 valence electrons. The van der Waals surface area contributed by atoms with E-state index in [-0.39, 0.29) is 71.1 Å². The highest BCUT2D eigenvalue weighted by Crippen LogP contribution is 2.35. The van der Waals surface area contributed by atoms with Gasteiger partial charge in [0.15, 0.2) is 18.1 Å². The molecule has 0 radical (unpaired) electrons. The van der Waals surface area contributed by atoms with Crippen LogP contribution in [-0.4, -0.2) is 88.4 Å². The molecule has 2 N–H and O–H groups in total. The van der Waals surface area contributed by atoms with E-state index >= 15 is 0 Å². The maximum Gasteiger partial charge on any atom is 0.314 e. The highest BCUT2D eigenvalue weighted by molar-refractivity contribution is 7.86. The third-order valence-electron chi connectivity index (χ3n) is 8.12. The molecular formula is C34H50N4O8S. The van der Waals surface area contributed by atoms with Gasteiger partial charge in [-0.05, 0) is 61.8 Å². The maximum atomic E-state index is 13.6. The summed E-state index contributed by atoms with van der Waals surface area (Å²) in [5, 5.41) is 5.68. The lowest BCUT2D eigenvalue weighted by atomic mass is 9.76. The Labute approximate surface area is 279 Å². The lowest BCUT2D eigenvalue weighted by Crippen LogP contribution is -2.47. The number of amides is 2. The molecule has 1 atom stereocenters. The van der Waals surface area contributed by atoms with Crippen molar-refractivity contribution >= 4 is 28.0 Å². The highest BCUT2D eigenvalue weighted by atomic mass is 32.2. The van der Waals surface area contributed by atoms with Gasteiger partial charge in [-0.3, -0.25) is 14.4 Å². The lowest BCUT2D eigenvalue weighted by Gasteiger charge is -2.33. The van der Waals surface area contributed by atoms with E-state index in [1.165, 1.54) is 22.8 Å². The van der Waals surface area contributed by atoms with Gasteiger partial charge in [0, 0.05) is 46.2 Å². The summed E-state index contributed by atoms with van der Waals surface area (Å²) < 4.78 is 46.7. The first-order valence-corrected chi connectivity index (χ1v) is 17.6. The second-order valence-corrected chi connectivity index (χ2v) is 14.3. The molecule has 47 heavy (non-hydrogen) atoms. The fraction of sp³-hybridized carbons (Fsp3) is 0.559. The SMILES string of the molecule is CCOC(=O)C1(CCC(C)C)CNC(=O)CCCN(S(=O)(=O)N(C)Cc2ccccc2)CCNC(=O)COc2ccc(cc2OC)C1. The zero-order chi connectivity index (χ0) is 34.5. The van der Waals surface area contributed by atoms with Crippen molar-refractivity contribution in [2.45, 2.75) is 59.4 Å². The van der Waals surface area contributed by atoms with E-state index < -0.39 is 27.5 Å². The molecule has 0 aromatic heterocycles. The monoisotopic (exact) mass is 674 g/mol. The summed E-state index contributed by atoms with van der Waals surface area (Å²) >= 11 is 0. The average molecular weight is 675 g/mol. The van der Waals surface area contributed by atoms with Crippen molar-refractivity contribution < 1.29 is 37.0 Å². The lowest BCUT2D eigenvalue weighted by molar-refractivity contribution is -0.156. The third-order valence-corrected chi connectivity index (χ3v) is 10.1. The van der Waals surface area contributed by atoms with Crippen molar-refractivity contribution in [2.75, 3.05) is 53.6 Å². The molecule has 2 heterocycles. The predicted molar refractivity (Wildman–Crippen MR) is 179 cm³/mol. The van der Waals surface area contributed by atoms with Crippen LogP contribution in [0.4, 0.5) is 0 Å². The van der Waals surface area contributed by atoms with Crippen LogP contribution in [0.2, 0.25) is 0 Å². The number of carbonyl (C=O) groups excluding carboxylic acids is 3. The van der Waals surface area contributed by atoms with Crippen molar-refractivity contribution in [3.8, 4) is 11.5 Å². The standard InChI is InChI=1S/C34H50N4O8S/c1-6-45-33(41)34(17-16-26(2)3)22-28-14-15-29(30(21-28)44-5)46-24-32(40)35-18-20-38(19-10-13-31(39)36-25-34)47(42,43)37(4)23-27-11-8-7-9-12-27/h7-9,11-12,14-15,21,26H,6,10,13,16-20,22-25H2,1-5H3,(H,35,40)(H,36,39). The van der Waals surface area contributed by atoms with E-state index in [0.29, 0.717) is 23.8 Å². The van der Waals surface area contributed by atoms with Crippen molar-refractivity contribution in [2.24, 2.45) is 11.3 Å². The minimum atomic E-state index is -3.95. The highest BCUT2D eigenvalue weighted by Gasteiger charge is 2.40. The number of fused-ring (bicyclic) bond motifs is 16. The summed E-state index contributed by atoms with van der Waals surface area (Å²) in [5.74, 6) is -0.102. The fourth-order valence-corrected chi connectivity index (χ4v) is 6.80. The van der Waals surface area contributed by atoms with Gasteiger partial charge in [0.1, 0.15) is 0 Å². The van der Waals surface area contributed by atoms with Crippen LogP contribution in [0.5, 0.6) is 11.5 Å². The first-order chi connectivity index (χ1) is 22.4. The van der Waals surface area contributed by atoms with Gasteiger partial charge in [0.25, 0.3) is 16.1 Å². The molecule has 2 aromatic rings. The second-order valence-electron chi connectivity index (χ2n) is 12.3. The molecule has 2 aliphatic heterocycles. The summed E-state index contributed by atoms with van der Waals surface area (Å²) in [5.41, 5.74) is 0.552. The summed E-state index contributed by atoms with van der Waals surface area (Å²) in [6.07, 6.45) is 1.75. The van der Waals surface area contributed by atoms with E-state index in [0.717, 1.165) is 17.5 Å². The molecule has 0 saturated heterocycles. The molecule has 13 heteroatoms. The van der Waals surface area contributed by atoms with Crippen molar-refractivity contribution in [3.05, 3.63) is 59.7 Å². The number of nitrogens with one attached hydrogen (secondary N) is 2. The van der Waals surface area contributed by atoms with Gasteiger partial charge in [0.2, 0.25) is 5.91 Å². The average Bonchev–Trinajstić information content (AvgIpc) is 3.04. The van der Waals surface area contributed by atoms with E-state index in [1.807, 2.05) is 36.4 Å². The molecule has 0 aliphatic carbocycles. The van der Waals surface area contributed by atoms with Gasteiger partial charge in [-0.25, -0.2) is 0 Å². The van der Waals surface area contributed by atoms with Gasteiger partial charge < -0.3 is 24.8 Å². The molecule has 0 spiro atoms. The Kier molecular flexibility index (Phi) is 14.5. The number of hydrogen-bond acceptors (Lipinski definition) is 8. The van der Waals surface area contributed by atoms with Gasteiger partial charge in [-0.1, -0.05) is 50.2 Å². The summed E-state index contributed by atoms with van der Waals surface area (Å²) in [7, 11) is -0.957. The number of nitrogens with zero attached hydrogens (tertiary/aromatic N) is 2. The fourth-order valence-electron chi connectivity index (χ4n) is 5.42. The molecular weight excluding hydrogens is 624 g/mol. The van der Waals surface area contributed by atoms with E-state index in [2.05, 4.69) is 24.5 Å². The maximum absolute atomic E-state index is 13.6. The number of esters is 1. The summed E-state index contributed by atoms with van der Waals surface area (Å²) in [6, 6.07) is 14.5. The zero-order valence-electron chi connectivity index (χ0n) is 28.3. The van der Waals surface area contributed by atoms with Crippen molar-refractivity contribution in [3.63, 3.8) is 0 Å². The number of ether oxygens (including phenoxy) is 3. The molecule has 0 saturated carbocycles. The molecule has 4 rings (SSSR count). The van der Waals surface area contributed by atoms with Crippen LogP contribution >= 0.6 is 0 Å². The van der Waals surface area contributed by atoms with E-state index in [9.17, 15) is 22.8 Å². The quantitative estimate of drug-likeness (QED) is 0.289. The van der Waals surface area contributed by atoms with Crippen LogP contribution in [0.3, 0.4) is 0 Å². The topological polar surface area (TPSA) is 144 Å². The minimum Gasteiger partial charge on any atom is -0.493 e. The largest absolute Gasteiger partial charge is 0.493 e. The smallest absolute Gasteiger partial charge is 0.314 e. The molecule has 2 aliphatic rings. The normalized spacial score (nSPS) is 19.2. The summed E-state index contributed by atoms with van der Waals surface area (Å²) in [6.45, 7) is 6.08. The Morgan fingerprint density at radius 1 is 1.09 bits per heavy atom. The van der Waals surface area contributed by atoms with Crippen molar-refractivity contribution in [1.29, 1.82) is 0 Å². The van der Waals surface area contributed by atoms with Crippen LogP contribution in [-0.2, 0) is 42.3 Å². The Morgan fingerprint density at radius 3 is 2.51 bits per heavy atom. The van der Waals surface area contributed by atoms with E-state index in [4.69, 9.17) is 14.2 Å². The molecule has 0 fully saturated rings. The number of hydrogen-bond donors (Lipinski definition) is 2. The van der Waals surface area contributed by atoms with Crippen molar-refractivity contribution in [1.82, 2.24) is 19.2 Å². The van der Waals surface area contributed by atoms with E-state index in [1.54, 1.807) is 19.1 Å². The molecule has 2 bridgehead atoms. The molecule has 2 aromatic carbocycles. The molecule has 2 amide bonds. The Hall–Kier alpha value is -3.68. The van der Waals surface area contributed by atoms with Crippen LogP contribution in [0.1, 0.15) is 57.6 Å². The zero-order valence-corrected chi connectivity index (χ0v) is 29.1. The Morgan fingerprint density at radius 2 is 1.83 bits per heavy atom. The first-order valence-electron chi connectivity index (χ1n) is 16.2. The van der Waals surface area contributed by atoms with Gasteiger partial charge in [-0.15, -0.1) is 0 Å². The van der Waals surface area contributed by atoms with Gasteiger partial charge in [0.05, 0.1) is 19.1 Å². The van der Waals surface area contributed by atoms with Gasteiger partial charge >= 0.3 is 5.97 Å². The van der Waals surface area contributed by atoms with Crippen LogP contribution in [0.25, 0.3) is 0 Å². The number of carbonyl (C=O) groups is 3. The first kappa shape index (κ1) is 37.8. The predicted octanol–water partition coefficient (Wildman–Crippen LogP) is 3.31.